The van der Waals surface area contributed by atoms with Crippen LogP contribution in [0.25, 0.3) is 10.4 Å². The van der Waals surface area contributed by atoms with Crippen LogP contribution in [-0.2, 0) is 0 Å². The summed E-state index contributed by atoms with van der Waals surface area (Å²) in [5, 5.41) is 23.7. The van der Waals surface area contributed by atoms with Gasteiger partial charge in [0.05, 0.1) is 15.9 Å². The van der Waals surface area contributed by atoms with Gasteiger partial charge < -0.3 is 0 Å². The lowest BCUT2D eigenvalue weighted by Crippen LogP contribution is -1.93. The van der Waals surface area contributed by atoms with Crippen LogP contribution >= 0.6 is 11.6 Å². The first-order valence-corrected chi connectivity index (χ1v) is 4.02. The van der Waals surface area contributed by atoms with Gasteiger partial charge in [-0.25, -0.2) is 0 Å². The normalized spacial score (nSPS) is 9.31. The molecule has 0 heterocycles. The lowest BCUT2D eigenvalue weighted by Gasteiger charge is -1.98. The fraction of sp³-hybridized carbons (Fsp3) is 0. The summed E-state index contributed by atoms with van der Waals surface area (Å²) in [4.78, 5) is 21.6. The first-order chi connectivity index (χ1) is 7.47. The number of nitrogens with zero attached hydrogens (tertiary/aromatic N) is 5. The smallest absolute Gasteiger partial charge is 0.258 e. The maximum atomic E-state index is 10.5. The van der Waals surface area contributed by atoms with E-state index in [0.717, 1.165) is 6.07 Å². The lowest BCUT2D eigenvalue weighted by atomic mass is 10.2. The van der Waals surface area contributed by atoms with Crippen LogP contribution in [0.15, 0.2) is 17.2 Å². The van der Waals surface area contributed by atoms with Crippen LogP contribution in [-0.4, -0.2) is 9.85 Å². The molecule has 0 bridgehead atoms. The summed E-state index contributed by atoms with van der Waals surface area (Å²) in [6, 6.07) is 1.52. The number of benzene rings is 1. The molecule has 0 atom stereocenters. The highest BCUT2D eigenvalue weighted by Gasteiger charge is 2.22. The number of nitro benzene ring substituents is 2. The van der Waals surface area contributed by atoms with E-state index in [4.69, 9.17) is 17.1 Å². The summed E-state index contributed by atoms with van der Waals surface area (Å²) >= 11 is 5.49. The molecule has 0 aliphatic carbocycles. The summed E-state index contributed by atoms with van der Waals surface area (Å²) in [6.07, 6.45) is 0. The van der Waals surface area contributed by atoms with Gasteiger partial charge in [-0.3, -0.25) is 20.2 Å². The molecule has 0 amide bonds. The minimum Gasteiger partial charge on any atom is -0.258 e. The van der Waals surface area contributed by atoms with Gasteiger partial charge in [0.25, 0.3) is 11.4 Å². The van der Waals surface area contributed by atoms with Gasteiger partial charge in [0.2, 0.25) is 0 Å². The molecule has 9 nitrogen and oxygen atoms in total. The lowest BCUT2D eigenvalue weighted by molar-refractivity contribution is -0.393. The zero-order valence-electron chi connectivity index (χ0n) is 7.40. The molecule has 0 aromatic heterocycles. The van der Waals surface area contributed by atoms with Crippen LogP contribution in [0.5, 0.6) is 0 Å². The predicted molar refractivity (Wildman–Crippen MR) is 53.6 cm³/mol. The van der Waals surface area contributed by atoms with Crippen molar-refractivity contribution < 1.29 is 9.85 Å². The molecule has 1 rings (SSSR count). The highest BCUT2D eigenvalue weighted by molar-refractivity contribution is 6.33. The van der Waals surface area contributed by atoms with Crippen LogP contribution < -0.4 is 0 Å². The van der Waals surface area contributed by atoms with Crippen LogP contribution in [0.3, 0.4) is 0 Å². The zero-order chi connectivity index (χ0) is 12.3. The molecule has 82 valence electrons. The maximum absolute atomic E-state index is 10.5. The average Bonchev–Trinajstić information content (AvgIpc) is 2.17. The Kier molecular flexibility index (Phi) is 3.24. The van der Waals surface area contributed by atoms with E-state index in [1.807, 2.05) is 0 Å². The predicted octanol–water partition coefficient (Wildman–Crippen LogP) is 3.10. The van der Waals surface area contributed by atoms with Crippen molar-refractivity contribution in [2.45, 2.75) is 0 Å². The van der Waals surface area contributed by atoms with Crippen LogP contribution in [0.1, 0.15) is 0 Å². The first-order valence-electron chi connectivity index (χ1n) is 3.64. The van der Waals surface area contributed by atoms with Crippen molar-refractivity contribution in [1.29, 1.82) is 0 Å². The Bertz CT molecular complexity index is 524. The second kappa shape index (κ2) is 4.43. The summed E-state index contributed by atoms with van der Waals surface area (Å²) in [5.74, 6) is 0. The van der Waals surface area contributed by atoms with Crippen molar-refractivity contribution in [1.82, 2.24) is 0 Å². The molecule has 0 aliphatic rings. The Hall–Kier alpha value is -2.38. The molecule has 0 spiro atoms. The fourth-order valence-electron chi connectivity index (χ4n) is 0.955. The Balaban J connectivity index is 3.55. The van der Waals surface area contributed by atoms with Gasteiger partial charge in [0.1, 0.15) is 10.7 Å². The Morgan fingerprint density at radius 1 is 1.25 bits per heavy atom. The molecule has 0 N–H and O–H groups in total. The van der Waals surface area contributed by atoms with Crippen molar-refractivity contribution >= 4 is 28.7 Å². The molecule has 0 aliphatic heterocycles. The molecular formula is C6H2ClN5O4. The van der Waals surface area contributed by atoms with E-state index in [0.29, 0.717) is 6.07 Å². The highest BCUT2D eigenvalue weighted by atomic mass is 35.5. The molecule has 0 radical (unpaired) electrons. The van der Waals surface area contributed by atoms with E-state index in [9.17, 15) is 20.2 Å². The van der Waals surface area contributed by atoms with Gasteiger partial charge in [-0.2, -0.15) is 0 Å². The monoisotopic (exact) mass is 243 g/mol. The average molecular weight is 244 g/mol. The maximum Gasteiger partial charge on any atom is 0.294 e. The largest absolute Gasteiger partial charge is 0.294 e. The van der Waals surface area contributed by atoms with Gasteiger partial charge in [-0.15, -0.1) is 0 Å². The van der Waals surface area contributed by atoms with Crippen LogP contribution in [0.4, 0.5) is 17.1 Å². The second-order valence-electron chi connectivity index (χ2n) is 2.50. The van der Waals surface area contributed by atoms with E-state index >= 15 is 0 Å². The molecule has 0 unspecified atom stereocenters. The van der Waals surface area contributed by atoms with Crippen LogP contribution in [0.2, 0.25) is 5.02 Å². The van der Waals surface area contributed by atoms with Crippen molar-refractivity contribution in [3.8, 4) is 0 Å². The first kappa shape index (κ1) is 11.7. The Morgan fingerprint density at radius 2 is 1.81 bits per heavy atom. The second-order valence-corrected chi connectivity index (χ2v) is 2.90. The van der Waals surface area contributed by atoms with Gasteiger partial charge in [-0.05, 0) is 11.6 Å². The van der Waals surface area contributed by atoms with E-state index in [-0.39, 0.29) is 10.7 Å². The topological polar surface area (TPSA) is 135 Å². The number of hydrogen-bond acceptors (Lipinski definition) is 5. The molecule has 16 heavy (non-hydrogen) atoms. The van der Waals surface area contributed by atoms with Gasteiger partial charge in [-0.1, -0.05) is 16.7 Å². The van der Waals surface area contributed by atoms with Crippen molar-refractivity contribution in [3.63, 3.8) is 0 Å². The SMILES string of the molecule is [N-]=[N+]=Nc1cc(Cl)c([N+](=O)[O-])cc1[N+](=O)[O-]. The number of halogens is 1. The molecule has 1 aromatic carbocycles. The highest BCUT2D eigenvalue weighted by Crippen LogP contribution is 2.37. The summed E-state index contributed by atoms with van der Waals surface area (Å²) in [6.45, 7) is 0. The van der Waals surface area contributed by atoms with E-state index < -0.39 is 21.2 Å². The summed E-state index contributed by atoms with van der Waals surface area (Å²) in [7, 11) is 0. The third-order valence-corrected chi connectivity index (χ3v) is 1.89. The minimum atomic E-state index is -0.895. The van der Waals surface area contributed by atoms with Gasteiger partial charge in [0.15, 0.2) is 0 Å². The van der Waals surface area contributed by atoms with E-state index in [2.05, 4.69) is 10.0 Å². The van der Waals surface area contributed by atoms with Gasteiger partial charge in [0, 0.05) is 4.91 Å². The van der Waals surface area contributed by atoms with Crippen LogP contribution in [0, 0.1) is 20.2 Å². The fourth-order valence-corrected chi connectivity index (χ4v) is 1.18. The van der Waals surface area contributed by atoms with Crippen molar-refractivity contribution in [3.05, 3.63) is 47.8 Å². The molecular weight excluding hydrogens is 242 g/mol. The number of nitro groups is 2. The third-order valence-electron chi connectivity index (χ3n) is 1.59. The molecule has 10 heteroatoms. The molecule has 0 fully saturated rings. The van der Waals surface area contributed by atoms with Crippen molar-refractivity contribution in [2.75, 3.05) is 0 Å². The third kappa shape index (κ3) is 2.16. The van der Waals surface area contributed by atoms with Crippen molar-refractivity contribution in [2.24, 2.45) is 5.11 Å². The quantitative estimate of drug-likeness (QED) is 0.265. The Labute approximate surface area is 92.2 Å². The van der Waals surface area contributed by atoms with Gasteiger partial charge >= 0.3 is 0 Å². The standard InChI is InChI=1S/C6H2ClN5O4/c7-3-1-4(9-10-8)6(12(15)16)2-5(3)11(13)14/h1-2H. The minimum absolute atomic E-state index is 0.335. The van der Waals surface area contributed by atoms with E-state index in [1.165, 1.54) is 0 Å². The summed E-state index contributed by atoms with van der Waals surface area (Å²) in [5.41, 5.74) is 6.49. The number of azide groups is 1. The summed E-state index contributed by atoms with van der Waals surface area (Å²) < 4.78 is 0. The number of hydrogen-bond donors (Lipinski definition) is 0. The Morgan fingerprint density at radius 3 is 2.25 bits per heavy atom. The van der Waals surface area contributed by atoms with E-state index in [1.54, 1.807) is 0 Å². The molecule has 0 saturated heterocycles. The zero-order valence-corrected chi connectivity index (χ0v) is 8.16. The molecule has 0 saturated carbocycles. The molecule has 1 aromatic rings. The number of rotatable bonds is 3.